The van der Waals surface area contributed by atoms with Gasteiger partial charge < -0.3 is 15.2 Å². The van der Waals surface area contributed by atoms with Crippen molar-refractivity contribution in [3.05, 3.63) is 41.7 Å². The Bertz CT molecular complexity index is 918. The van der Waals surface area contributed by atoms with Crippen molar-refractivity contribution in [3.8, 4) is 11.4 Å². The number of nitrogens with one attached hydrogen (secondary N) is 2. The number of benzene rings is 1. The number of carbonyl (C=O) groups excluding carboxylic acids is 1. The van der Waals surface area contributed by atoms with E-state index in [0.717, 1.165) is 30.2 Å². The van der Waals surface area contributed by atoms with Gasteiger partial charge >= 0.3 is 0 Å². The molecule has 1 aliphatic heterocycles. The molecule has 2 fully saturated rings. The molecule has 29 heavy (non-hydrogen) atoms. The average molecular weight is 415 g/mol. The molecule has 1 aromatic heterocycles. The predicted octanol–water partition coefficient (Wildman–Crippen LogP) is 4.02. The molecular weight excluding hydrogens is 384 g/mol. The van der Waals surface area contributed by atoms with Gasteiger partial charge in [0.15, 0.2) is 5.69 Å². The van der Waals surface area contributed by atoms with Crippen LogP contribution >= 0.6 is 12.4 Å². The molecule has 5 rings (SSSR count). The number of rotatable bonds is 3. The smallest absolute Gasteiger partial charge is 0.272 e. The maximum Gasteiger partial charge on any atom is 0.272 e. The molecule has 0 spiro atoms. The highest BCUT2D eigenvalue weighted by molar-refractivity contribution is 5.94. The Morgan fingerprint density at radius 2 is 2.00 bits per heavy atom. The van der Waals surface area contributed by atoms with Crippen molar-refractivity contribution in [2.45, 2.75) is 59.2 Å². The lowest BCUT2D eigenvalue weighted by molar-refractivity contribution is 0.0732. The van der Waals surface area contributed by atoms with Crippen molar-refractivity contribution < 1.29 is 4.79 Å². The summed E-state index contributed by atoms with van der Waals surface area (Å²) in [6.45, 7) is 9.44. The SMILES string of the molecule is CC12CCC(C1)C(C)(C)C2NC(=O)c1nc(-c2ccccc2)n2c1CNCC2.Cl. The highest BCUT2D eigenvalue weighted by Crippen LogP contribution is 2.62. The van der Waals surface area contributed by atoms with E-state index >= 15 is 0 Å². The lowest BCUT2D eigenvalue weighted by Crippen LogP contribution is -2.52. The number of hydrogen-bond donors (Lipinski definition) is 2. The van der Waals surface area contributed by atoms with Crippen molar-refractivity contribution in [1.29, 1.82) is 0 Å². The van der Waals surface area contributed by atoms with E-state index in [-0.39, 0.29) is 35.2 Å². The number of carbonyl (C=O) groups is 1. The zero-order chi connectivity index (χ0) is 19.5. The second kappa shape index (κ2) is 7.13. The fraction of sp³-hybridized carbons (Fsp3) is 0.565. The van der Waals surface area contributed by atoms with Crippen molar-refractivity contribution in [3.63, 3.8) is 0 Å². The van der Waals surface area contributed by atoms with Gasteiger partial charge in [-0.05, 0) is 36.0 Å². The van der Waals surface area contributed by atoms with E-state index in [2.05, 4.69) is 48.1 Å². The maximum absolute atomic E-state index is 13.4. The molecule has 3 unspecified atom stereocenters. The third kappa shape index (κ3) is 3.10. The van der Waals surface area contributed by atoms with E-state index in [1.54, 1.807) is 0 Å². The lowest BCUT2D eigenvalue weighted by atomic mass is 9.68. The lowest BCUT2D eigenvalue weighted by Gasteiger charge is -2.43. The molecule has 2 aliphatic carbocycles. The van der Waals surface area contributed by atoms with Gasteiger partial charge in [-0.15, -0.1) is 12.4 Å². The summed E-state index contributed by atoms with van der Waals surface area (Å²) < 4.78 is 2.22. The van der Waals surface area contributed by atoms with Gasteiger partial charge in [0.05, 0.1) is 5.69 Å². The van der Waals surface area contributed by atoms with Gasteiger partial charge in [0.2, 0.25) is 0 Å². The number of fused-ring (bicyclic) bond motifs is 3. The van der Waals surface area contributed by atoms with Crippen LogP contribution in [0.1, 0.15) is 56.2 Å². The second-order valence-electron chi connectivity index (χ2n) is 9.75. The Hall–Kier alpha value is -1.85. The van der Waals surface area contributed by atoms with Crippen molar-refractivity contribution in [1.82, 2.24) is 20.2 Å². The molecule has 0 saturated heterocycles. The summed E-state index contributed by atoms with van der Waals surface area (Å²) in [6, 6.07) is 10.4. The summed E-state index contributed by atoms with van der Waals surface area (Å²) in [5.41, 5.74) is 3.02. The van der Waals surface area contributed by atoms with E-state index in [0.29, 0.717) is 18.2 Å². The van der Waals surface area contributed by atoms with Crippen LogP contribution in [0.3, 0.4) is 0 Å². The molecule has 2 N–H and O–H groups in total. The molecule has 2 heterocycles. The molecule has 3 atom stereocenters. The van der Waals surface area contributed by atoms with Gasteiger partial charge in [0.25, 0.3) is 5.91 Å². The van der Waals surface area contributed by atoms with Crippen LogP contribution in [0.2, 0.25) is 0 Å². The second-order valence-corrected chi connectivity index (χ2v) is 9.75. The van der Waals surface area contributed by atoms with Gasteiger partial charge in [0.1, 0.15) is 5.82 Å². The van der Waals surface area contributed by atoms with Crippen LogP contribution in [0, 0.1) is 16.7 Å². The summed E-state index contributed by atoms with van der Waals surface area (Å²) >= 11 is 0. The number of hydrogen-bond acceptors (Lipinski definition) is 3. The van der Waals surface area contributed by atoms with Crippen LogP contribution in [0.5, 0.6) is 0 Å². The van der Waals surface area contributed by atoms with E-state index in [1.807, 2.05) is 18.2 Å². The Morgan fingerprint density at radius 1 is 1.24 bits per heavy atom. The number of imidazole rings is 1. The standard InChI is InChI=1S/C23H30N4O.ClH/c1-22(2)16-9-10-23(3,13-16)21(22)26-20(28)18-17-14-24-11-12-27(17)19(25-18)15-7-5-4-6-8-15;/h4-8,16,21,24H,9-14H2,1-3H3,(H,26,28);1H. The molecule has 156 valence electrons. The third-order valence-electron chi connectivity index (χ3n) is 7.67. The van der Waals surface area contributed by atoms with E-state index in [9.17, 15) is 4.79 Å². The summed E-state index contributed by atoms with van der Waals surface area (Å²) in [6.07, 6.45) is 3.73. The van der Waals surface area contributed by atoms with Crippen molar-refractivity contribution in [2.24, 2.45) is 16.7 Å². The molecule has 3 aliphatic rings. The van der Waals surface area contributed by atoms with Crippen LogP contribution in [0.15, 0.2) is 30.3 Å². The molecule has 0 radical (unpaired) electrons. The monoisotopic (exact) mass is 414 g/mol. The summed E-state index contributed by atoms with van der Waals surface area (Å²) in [5, 5.41) is 6.83. The van der Waals surface area contributed by atoms with Gasteiger partial charge in [-0.3, -0.25) is 4.79 Å². The van der Waals surface area contributed by atoms with Gasteiger partial charge in [0, 0.05) is 31.2 Å². The van der Waals surface area contributed by atoms with Crippen LogP contribution in [0.4, 0.5) is 0 Å². The molecule has 2 saturated carbocycles. The zero-order valence-electron chi connectivity index (χ0n) is 17.5. The highest BCUT2D eigenvalue weighted by Gasteiger charge is 2.59. The Kier molecular flexibility index (Phi) is 5.02. The topological polar surface area (TPSA) is 59.0 Å². The molecule has 5 nitrogen and oxygen atoms in total. The van der Waals surface area contributed by atoms with Gasteiger partial charge in [-0.2, -0.15) is 0 Å². The van der Waals surface area contributed by atoms with Gasteiger partial charge in [-0.25, -0.2) is 4.98 Å². The first-order valence-electron chi connectivity index (χ1n) is 10.6. The molecule has 1 aromatic carbocycles. The molecule has 2 aromatic rings. The fourth-order valence-electron chi connectivity index (χ4n) is 6.16. The highest BCUT2D eigenvalue weighted by atomic mass is 35.5. The van der Waals surface area contributed by atoms with Crippen LogP contribution in [0.25, 0.3) is 11.4 Å². The largest absolute Gasteiger partial charge is 0.347 e. The van der Waals surface area contributed by atoms with Crippen LogP contribution in [-0.2, 0) is 13.1 Å². The Balaban J connectivity index is 0.00000205. The molecule has 2 bridgehead atoms. The first kappa shape index (κ1) is 20.4. The van der Waals surface area contributed by atoms with E-state index < -0.39 is 0 Å². The summed E-state index contributed by atoms with van der Waals surface area (Å²) in [7, 11) is 0. The minimum atomic E-state index is -0.0125. The Labute approximate surface area is 179 Å². The number of amides is 1. The number of aromatic nitrogens is 2. The van der Waals surface area contributed by atoms with E-state index in [4.69, 9.17) is 4.98 Å². The molecule has 6 heteroatoms. The van der Waals surface area contributed by atoms with Crippen molar-refractivity contribution >= 4 is 18.3 Å². The minimum Gasteiger partial charge on any atom is -0.347 e. The number of halogens is 1. The number of nitrogens with zero attached hydrogens (tertiary/aromatic N) is 2. The summed E-state index contributed by atoms with van der Waals surface area (Å²) in [4.78, 5) is 18.3. The first-order chi connectivity index (χ1) is 13.4. The first-order valence-corrected chi connectivity index (χ1v) is 10.6. The minimum absolute atomic E-state index is 0. The molecular formula is C23H31ClN4O. The van der Waals surface area contributed by atoms with Crippen LogP contribution < -0.4 is 10.6 Å². The van der Waals surface area contributed by atoms with Crippen LogP contribution in [-0.4, -0.2) is 28.0 Å². The summed E-state index contributed by atoms with van der Waals surface area (Å²) in [5.74, 6) is 1.60. The quantitative estimate of drug-likeness (QED) is 0.797. The predicted molar refractivity (Wildman–Crippen MR) is 117 cm³/mol. The Morgan fingerprint density at radius 3 is 2.69 bits per heavy atom. The fourth-order valence-corrected chi connectivity index (χ4v) is 6.16. The normalized spacial score (nSPS) is 29.2. The van der Waals surface area contributed by atoms with Gasteiger partial charge in [-0.1, -0.05) is 51.1 Å². The molecule has 1 amide bonds. The van der Waals surface area contributed by atoms with E-state index in [1.165, 1.54) is 19.3 Å². The maximum atomic E-state index is 13.4. The van der Waals surface area contributed by atoms with Crippen molar-refractivity contribution in [2.75, 3.05) is 6.54 Å². The zero-order valence-corrected chi connectivity index (χ0v) is 18.3. The average Bonchev–Trinajstić information content (AvgIpc) is 3.33. The third-order valence-corrected chi connectivity index (χ3v) is 7.67.